The van der Waals surface area contributed by atoms with Gasteiger partial charge in [0.1, 0.15) is 0 Å². The van der Waals surface area contributed by atoms with E-state index in [9.17, 15) is 0 Å². The molecule has 0 saturated carbocycles. The molecule has 1 atom stereocenters. The molecule has 0 amide bonds. The molecule has 0 aromatic carbocycles. The molecule has 0 aromatic rings. The van der Waals surface area contributed by atoms with E-state index in [1.165, 1.54) is 6.42 Å². The quantitative estimate of drug-likeness (QED) is 0.490. The van der Waals surface area contributed by atoms with Crippen LogP contribution in [0.5, 0.6) is 0 Å². The van der Waals surface area contributed by atoms with Gasteiger partial charge in [-0.15, -0.1) is 0 Å². The molecule has 0 bridgehead atoms. The van der Waals surface area contributed by atoms with Crippen LogP contribution in [-0.4, -0.2) is 25.7 Å². The van der Waals surface area contributed by atoms with E-state index in [0.29, 0.717) is 0 Å². The Morgan fingerprint density at radius 2 is 1.92 bits per heavy atom. The average molecular weight is 187 g/mol. The van der Waals surface area contributed by atoms with Gasteiger partial charge in [-0.2, -0.15) is 0 Å². The largest absolute Gasteiger partial charge is 0.330 e. The Morgan fingerprint density at radius 1 is 1.23 bits per heavy atom. The minimum Gasteiger partial charge on any atom is -0.330 e. The molecule has 0 radical (unpaired) electrons. The predicted molar refractivity (Wildman–Crippen MR) is 58.6 cm³/mol. The van der Waals surface area contributed by atoms with Crippen LogP contribution < -0.4 is 16.8 Å². The first-order valence-corrected chi connectivity index (χ1v) is 5.33. The van der Waals surface area contributed by atoms with Crippen LogP contribution in [0.1, 0.15) is 33.1 Å². The third-order valence-electron chi connectivity index (χ3n) is 2.08. The van der Waals surface area contributed by atoms with Gasteiger partial charge in [0, 0.05) is 12.6 Å². The normalized spacial score (nSPS) is 13.6. The van der Waals surface area contributed by atoms with E-state index in [-0.39, 0.29) is 6.04 Å². The molecule has 0 aromatic heterocycles. The fourth-order valence-electron chi connectivity index (χ4n) is 1.16. The fraction of sp³-hybridized carbons (Fsp3) is 1.00. The molecule has 3 nitrogen and oxygen atoms in total. The summed E-state index contributed by atoms with van der Waals surface area (Å²) in [6.45, 7) is 7.21. The van der Waals surface area contributed by atoms with Crippen molar-refractivity contribution >= 4 is 0 Å². The molecule has 0 aliphatic rings. The molecular formula is C10H25N3. The molecule has 0 fully saturated rings. The number of rotatable bonds is 8. The van der Waals surface area contributed by atoms with Crippen molar-refractivity contribution in [2.24, 2.45) is 17.4 Å². The van der Waals surface area contributed by atoms with Gasteiger partial charge >= 0.3 is 0 Å². The van der Waals surface area contributed by atoms with Gasteiger partial charge < -0.3 is 16.8 Å². The van der Waals surface area contributed by atoms with Gasteiger partial charge in [0.05, 0.1) is 0 Å². The van der Waals surface area contributed by atoms with Crippen LogP contribution in [-0.2, 0) is 0 Å². The third-order valence-corrected chi connectivity index (χ3v) is 2.08. The van der Waals surface area contributed by atoms with E-state index < -0.39 is 0 Å². The van der Waals surface area contributed by atoms with Crippen LogP contribution in [0.25, 0.3) is 0 Å². The van der Waals surface area contributed by atoms with E-state index >= 15 is 0 Å². The highest BCUT2D eigenvalue weighted by Gasteiger charge is 2.00. The van der Waals surface area contributed by atoms with Crippen LogP contribution in [0.2, 0.25) is 0 Å². The summed E-state index contributed by atoms with van der Waals surface area (Å²) in [6, 6.07) is 0.274. The fourth-order valence-corrected chi connectivity index (χ4v) is 1.16. The Morgan fingerprint density at radius 3 is 2.46 bits per heavy atom. The zero-order chi connectivity index (χ0) is 10.1. The Bertz CT molecular complexity index is 104. The minimum atomic E-state index is 0.274. The van der Waals surface area contributed by atoms with Crippen molar-refractivity contribution in [2.45, 2.75) is 39.2 Å². The first-order valence-electron chi connectivity index (χ1n) is 5.33. The molecule has 0 aliphatic heterocycles. The van der Waals surface area contributed by atoms with Gasteiger partial charge in [-0.05, 0) is 38.3 Å². The van der Waals surface area contributed by atoms with Crippen molar-refractivity contribution in [3.05, 3.63) is 0 Å². The number of hydrogen-bond acceptors (Lipinski definition) is 3. The summed E-state index contributed by atoms with van der Waals surface area (Å²) in [4.78, 5) is 0. The summed E-state index contributed by atoms with van der Waals surface area (Å²) in [6.07, 6.45) is 3.29. The van der Waals surface area contributed by atoms with Crippen molar-refractivity contribution in [3.63, 3.8) is 0 Å². The maximum Gasteiger partial charge on any atom is 0.0165 e. The topological polar surface area (TPSA) is 64.1 Å². The van der Waals surface area contributed by atoms with Crippen LogP contribution in [0.15, 0.2) is 0 Å². The Hall–Kier alpha value is -0.120. The monoisotopic (exact) mass is 187 g/mol. The average Bonchev–Trinajstić information content (AvgIpc) is 2.08. The number of nitrogens with one attached hydrogen (secondary N) is 1. The molecule has 3 heteroatoms. The van der Waals surface area contributed by atoms with E-state index in [1.807, 2.05) is 0 Å². The standard InChI is InChI=1S/C10H25N3/c1-9(2)5-7-13-8-10(12)4-3-6-11/h9-10,13H,3-8,11-12H2,1-2H3/t10-/m0/s1. The van der Waals surface area contributed by atoms with Gasteiger partial charge in [0.2, 0.25) is 0 Å². The molecule has 80 valence electrons. The summed E-state index contributed by atoms with van der Waals surface area (Å²) in [7, 11) is 0. The summed E-state index contributed by atoms with van der Waals surface area (Å²) < 4.78 is 0. The zero-order valence-electron chi connectivity index (χ0n) is 9.05. The molecule has 0 heterocycles. The molecule has 0 aliphatic carbocycles. The molecule has 13 heavy (non-hydrogen) atoms. The Balaban J connectivity index is 3.12. The lowest BCUT2D eigenvalue weighted by Gasteiger charge is -2.12. The van der Waals surface area contributed by atoms with Gasteiger partial charge in [-0.25, -0.2) is 0 Å². The molecule has 0 rings (SSSR count). The van der Waals surface area contributed by atoms with Crippen molar-refractivity contribution in [2.75, 3.05) is 19.6 Å². The minimum absolute atomic E-state index is 0.274. The van der Waals surface area contributed by atoms with Gasteiger partial charge in [0.25, 0.3) is 0 Å². The molecule has 0 saturated heterocycles. The van der Waals surface area contributed by atoms with E-state index in [1.54, 1.807) is 0 Å². The lowest BCUT2D eigenvalue weighted by molar-refractivity contribution is 0.492. The summed E-state index contributed by atoms with van der Waals surface area (Å²) in [5.74, 6) is 0.771. The molecule has 0 unspecified atom stereocenters. The summed E-state index contributed by atoms with van der Waals surface area (Å²) in [5, 5.41) is 3.36. The van der Waals surface area contributed by atoms with Gasteiger partial charge in [0.15, 0.2) is 0 Å². The van der Waals surface area contributed by atoms with Crippen molar-refractivity contribution in [1.82, 2.24) is 5.32 Å². The van der Waals surface area contributed by atoms with Gasteiger partial charge in [-0.3, -0.25) is 0 Å². The SMILES string of the molecule is CC(C)CCNC[C@@H](N)CCCN. The maximum absolute atomic E-state index is 5.86. The third kappa shape index (κ3) is 9.80. The number of nitrogens with two attached hydrogens (primary N) is 2. The summed E-state index contributed by atoms with van der Waals surface area (Å²) in [5.41, 5.74) is 11.3. The first-order chi connectivity index (χ1) is 6.16. The van der Waals surface area contributed by atoms with Crippen LogP contribution >= 0.6 is 0 Å². The molecular weight excluding hydrogens is 162 g/mol. The van der Waals surface area contributed by atoms with Crippen LogP contribution in [0.3, 0.4) is 0 Å². The zero-order valence-corrected chi connectivity index (χ0v) is 9.05. The lowest BCUT2D eigenvalue weighted by Crippen LogP contribution is -2.34. The predicted octanol–water partition coefficient (Wildman–Crippen LogP) is 0.688. The highest BCUT2D eigenvalue weighted by molar-refractivity contribution is 4.65. The molecule has 0 spiro atoms. The van der Waals surface area contributed by atoms with E-state index in [2.05, 4.69) is 19.2 Å². The summed E-state index contributed by atoms with van der Waals surface area (Å²) >= 11 is 0. The second-order valence-corrected chi connectivity index (χ2v) is 4.08. The second-order valence-electron chi connectivity index (χ2n) is 4.08. The van der Waals surface area contributed by atoms with Gasteiger partial charge in [-0.1, -0.05) is 13.8 Å². The number of hydrogen-bond donors (Lipinski definition) is 3. The van der Waals surface area contributed by atoms with E-state index in [0.717, 1.165) is 38.4 Å². The van der Waals surface area contributed by atoms with Crippen molar-refractivity contribution < 1.29 is 0 Å². The van der Waals surface area contributed by atoms with E-state index in [4.69, 9.17) is 11.5 Å². The van der Waals surface area contributed by atoms with Crippen molar-refractivity contribution in [1.29, 1.82) is 0 Å². The Kier molecular flexibility index (Phi) is 8.40. The molecule has 5 N–H and O–H groups in total. The lowest BCUT2D eigenvalue weighted by atomic mass is 10.1. The van der Waals surface area contributed by atoms with Crippen molar-refractivity contribution in [3.8, 4) is 0 Å². The first kappa shape index (κ1) is 12.9. The Labute approximate surface area is 82.3 Å². The smallest absolute Gasteiger partial charge is 0.0165 e. The highest BCUT2D eigenvalue weighted by Crippen LogP contribution is 1.96. The van der Waals surface area contributed by atoms with Crippen LogP contribution in [0.4, 0.5) is 0 Å². The maximum atomic E-state index is 5.86. The second kappa shape index (κ2) is 8.48. The van der Waals surface area contributed by atoms with Crippen LogP contribution in [0, 0.1) is 5.92 Å². The highest BCUT2D eigenvalue weighted by atomic mass is 14.9.